The molecular weight excluding hydrogens is 280 g/mol. The van der Waals surface area contributed by atoms with Crippen LogP contribution in [0.3, 0.4) is 0 Å². The molecule has 3 N–H and O–H groups in total. The van der Waals surface area contributed by atoms with Crippen LogP contribution in [-0.2, 0) is 4.74 Å². The molecule has 1 heterocycles. The number of ether oxygens (including phenoxy) is 1. The van der Waals surface area contributed by atoms with Crippen molar-refractivity contribution in [3.8, 4) is 0 Å². The second kappa shape index (κ2) is 10.8. The number of nitrogens with zero attached hydrogens (tertiary/aromatic N) is 2. The number of rotatable bonds is 8. The molecule has 2 unspecified atom stereocenters. The monoisotopic (exact) mass is 314 g/mol. The van der Waals surface area contributed by atoms with E-state index in [1.54, 1.807) is 0 Å². The Morgan fingerprint density at radius 2 is 1.91 bits per heavy atom. The van der Waals surface area contributed by atoms with Gasteiger partial charge in [-0.25, -0.2) is 0 Å². The van der Waals surface area contributed by atoms with Crippen molar-refractivity contribution < 1.29 is 9.84 Å². The minimum atomic E-state index is 0.172. The molecule has 0 saturated carbocycles. The highest BCUT2D eigenvalue weighted by Gasteiger charge is 2.23. The van der Waals surface area contributed by atoms with Crippen LogP contribution < -0.4 is 10.6 Å². The summed E-state index contributed by atoms with van der Waals surface area (Å²) in [7, 11) is 0. The first-order valence-electron chi connectivity index (χ1n) is 8.53. The molecule has 0 bridgehead atoms. The van der Waals surface area contributed by atoms with Crippen LogP contribution in [0.15, 0.2) is 4.99 Å². The van der Waals surface area contributed by atoms with E-state index < -0.39 is 0 Å². The predicted octanol–water partition coefficient (Wildman–Crippen LogP) is 0.527. The van der Waals surface area contributed by atoms with Gasteiger partial charge >= 0.3 is 0 Å². The maximum absolute atomic E-state index is 9.11. The van der Waals surface area contributed by atoms with E-state index in [1.165, 1.54) is 0 Å². The number of aliphatic imine (C=N–C) groups is 1. The molecule has 1 aliphatic rings. The van der Waals surface area contributed by atoms with E-state index in [0.29, 0.717) is 18.5 Å². The first-order valence-corrected chi connectivity index (χ1v) is 8.53. The molecule has 0 amide bonds. The Bertz CT molecular complexity index is 317. The van der Waals surface area contributed by atoms with Crippen LogP contribution >= 0.6 is 0 Å². The van der Waals surface area contributed by atoms with Gasteiger partial charge in [-0.15, -0.1) is 0 Å². The van der Waals surface area contributed by atoms with Crippen molar-refractivity contribution in [3.05, 3.63) is 0 Å². The van der Waals surface area contributed by atoms with E-state index in [4.69, 9.17) is 9.84 Å². The van der Waals surface area contributed by atoms with Gasteiger partial charge in [-0.2, -0.15) is 0 Å². The predicted molar refractivity (Wildman–Crippen MR) is 91.2 cm³/mol. The van der Waals surface area contributed by atoms with Crippen LogP contribution in [0.25, 0.3) is 0 Å². The van der Waals surface area contributed by atoms with Gasteiger partial charge in [0.2, 0.25) is 0 Å². The zero-order chi connectivity index (χ0) is 16.4. The van der Waals surface area contributed by atoms with Crippen molar-refractivity contribution in [1.29, 1.82) is 0 Å². The molecule has 0 spiro atoms. The molecule has 1 rings (SSSR count). The third-order valence-electron chi connectivity index (χ3n) is 3.98. The number of nitrogens with one attached hydrogen (secondary N) is 2. The topological polar surface area (TPSA) is 69.1 Å². The zero-order valence-electron chi connectivity index (χ0n) is 14.6. The summed E-state index contributed by atoms with van der Waals surface area (Å²) in [6, 6.07) is 0.475. The van der Waals surface area contributed by atoms with Crippen molar-refractivity contribution in [2.24, 2.45) is 16.8 Å². The maximum Gasteiger partial charge on any atom is 0.191 e. The zero-order valence-corrected chi connectivity index (χ0v) is 14.6. The van der Waals surface area contributed by atoms with Gasteiger partial charge in [0, 0.05) is 45.4 Å². The van der Waals surface area contributed by atoms with Crippen LogP contribution in [0.2, 0.25) is 0 Å². The second-order valence-electron chi connectivity index (χ2n) is 6.35. The highest BCUT2D eigenvalue weighted by atomic mass is 16.5. The normalized spacial score (nSPS) is 20.0. The van der Waals surface area contributed by atoms with E-state index in [-0.39, 0.29) is 12.5 Å². The van der Waals surface area contributed by atoms with Crippen molar-refractivity contribution >= 4 is 5.96 Å². The summed E-state index contributed by atoms with van der Waals surface area (Å²) < 4.78 is 5.45. The van der Waals surface area contributed by atoms with Crippen molar-refractivity contribution in [2.75, 3.05) is 52.5 Å². The minimum absolute atomic E-state index is 0.172. The quantitative estimate of drug-likeness (QED) is 0.450. The van der Waals surface area contributed by atoms with Crippen molar-refractivity contribution in [3.63, 3.8) is 0 Å². The minimum Gasteiger partial charge on any atom is -0.396 e. The highest BCUT2D eigenvalue weighted by Crippen LogP contribution is 2.12. The molecule has 0 aromatic carbocycles. The largest absolute Gasteiger partial charge is 0.396 e. The van der Waals surface area contributed by atoms with Gasteiger partial charge in [0.05, 0.1) is 13.2 Å². The SMILES string of the molecule is CCNC(=NCC(C)CO)NCC(C(C)C)N1CCOCC1. The van der Waals surface area contributed by atoms with Gasteiger partial charge in [0.1, 0.15) is 0 Å². The fourth-order valence-electron chi connectivity index (χ4n) is 2.54. The van der Waals surface area contributed by atoms with Gasteiger partial charge in [0.15, 0.2) is 5.96 Å². The highest BCUT2D eigenvalue weighted by molar-refractivity contribution is 5.79. The number of guanidine groups is 1. The number of aliphatic hydroxyl groups is 1. The van der Waals surface area contributed by atoms with E-state index in [1.807, 2.05) is 6.92 Å². The maximum atomic E-state index is 9.11. The Labute approximate surface area is 135 Å². The Hall–Kier alpha value is -0.850. The standard InChI is InChI=1S/C16H34N4O2/c1-5-17-16(18-10-14(4)12-21)19-11-15(13(2)3)20-6-8-22-9-7-20/h13-15,21H,5-12H2,1-4H3,(H2,17,18,19). The number of hydrogen-bond acceptors (Lipinski definition) is 4. The van der Waals surface area contributed by atoms with E-state index >= 15 is 0 Å². The van der Waals surface area contributed by atoms with Crippen LogP contribution in [0, 0.1) is 11.8 Å². The van der Waals surface area contributed by atoms with E-state index in [9.17, 15) is 0 Å². The van der Waals surface area contributed by atoms with Gasteiger partial charge in [0.25, 0.3) is 0 Å². The molecule has 0 radical (unpaired) electrons. The Morgan fingerprint density at radius 1 is 1.23 bits per heavy atom. The fraction of sp³-hybridized carbons (Fsp3) is 0.938. The van der Waals surface area contributed by atoms with Crippen LogP contribution in [-0.4, -0.2) is 74.6 Å². The second-order valence-corrected chi connectivity index (χ2v) is 6.35. The molecule has 1 fully saturated rings. The lowest BCUT2D eigenvalue weighted by atomic mass is 10.0. The van der Waals surface area contributed by atoms with Crippen molar-refractivity contribution in [2.45, 2.75) is 33.7 Å². The molecule has 2 atom stereocenters. The third-order valence-corrected chi connectivity index (χ3v) is 3.98. The lowest BCUT2D eigenvalue weighted by Crippen LogP contribution is -2.52. The average Bonchev–Trinajstić information content (AvgIpc) is 2.53. The smallest absolute Gasteiger partial charge is 0.191 e. The van der Waals surface area contributed by atoms with Gasteiger partial charge in [-0.05, 0) is 18.8 Å². The Balaban J connectivity index is 2.55. The fourth-order valence-corrected chi connectivity index (χ4v) is 2.54. The molecule has 0 aromatic heterocycles. The van der Waals surface area contributed by atoms with Crippen LogP contribution in [0.4, 0.5) is 0 Å². The summed E-state index contributed by atoms with van der Waals surface area (Å²) in [5.74, 6) is 1.60. The van der Waals surface area contributed by atoms with Crippen LogP contribution in [0.1, 0.15) is 27.7 Å². The summed E-state index contributed by atoms with van der Waals surface area (Å²) in [5, 5.41) is 15.8. The molecule has 130 valence electrons. The first-order chi connectivity index (χ1) is 10.6. The number of hydrogen-bond donors (Lipinski definition) is 3. The molecular formula is C16H34N4O2. The molecule has 22 heavy (non-hydrogen) atoms. The van der Waals surface area contributed by atoms with Gasteiger partial charge < -0.3 is 20.5 Å². The summed E-state index contributed by atoms with van der Waals surface area (Å²) in [4.78, 5) is 7.05. The summed E-state index contributed by atoms with van der Waals surface area (Å²) in [6.45, 7) is 14.8. The summed E-state index contributed by atoms with van der Waals surface area (Å²) in [6.07, 6.45) is 0. The average molecular weight is 314 g/mol. The first kappa shape index (κ1) is 19.2. The van der Waals surface area contributed by atoms with Gasteiger partial charge in [-0.3, -0.25) is 9.89 Å². The Kier molecular flexibility index (Phi) is 9.43. The van der Waals surface area contributed by atoms with Crippen molar-refractivity contribution in [1.82, 2.24) is 15.5 Å². The molecule has 6 nitrogen and oxygen atoms in total. The lowest BCUT2D eigenvalue weighted by molar-refractivity contribution is 0.00752. The summed E-state index contributed by atoms with van der Waals surface area (Å²) in [5.41, 5.74) is 0. The molecule has 1 aliphatic heterocycles. The molecule has 0 aromatic rings. The van der Waals surface area contributed by atoms with Gasteiger partial charge in [-0.1, -0.05) is 20.8 Å². The molecule has 6 heteroatoms. The third kappa shape index (κ3) is 6.94. The van der Waals surface area contributed by atoms with E-state index in [2.05, 4.69) is 41.3 Å². The van der Waals surface area contributed by atoms with Crippen LogP contribution in [0.5, 0.6) is 0 Å². The molecule has 0 aliphatic carbocycles. The Morgan fingerprint density at radius 3 is 2.45 bits per heavy atom. The lowest BCUT2D eigenvalue weighted by Gasteiger charge is -2.37. The number of aliphatic hydroxyl groups excluding tert-OH is 1. The summed E-state index contributed by atoms with van der Waals surface area (Å²) >= 11 is 0. The number of morpholine rings is 1. The van der Waals surface area contributed by atoms with E-state index in [0.717, 1.165) is 45.4 Å². The molecule has 1 saturated heterocycles.